The van der Waals surface area contributed by atoms with Gasteiger partial charge in [0.2, 0.25) is 0 Å². The number of rotatable bonds is 4. The maximum absolute atomic E-state index is 11.1. The van der Waals surface area contributed by atoms with Gasteiger partial charge in [0.05, 0.1) is 22.1 Å². The Morgan fingerprint density at radius 2 is 1.10 bits per heavy atom. The molecule has 0 bridgehead atoms. The van der Waals surface area contributed by atoms with E-state index in [1.165, 1.54) is 68.2 Å². The number of carbonyl (C=O) groups is 1. The van der Waals surface area contributed by atoms with E-state index in [-0.39, 0.29) is 59.4 Å². The predicted octanol–water partition coefficient (Wildman–Crippen LogP) is 10.1. The first-order valence-electron chi connectivity index (χ1n) is 14.7. The smallest absolute Gasteiger partial charge is 0.668 e. The zero-order valence-electron chi connectivity index (χ0n) is 27.1. The zero-order chi connectivity index (χ0) is 27.2. The van der Waals surface area contributed by atoms with Crippen molar-refractivity contribution < 1.29 is 26.5 Å². The number of carbonyl (C=O) groups excluding carboxylic acids is 1. The first-order valence-corrected chi connectivity index (χ1v) is 21.7. The van der Waals surface area contributed by atoms with Gasteiger partial charge in [-0.3, -0.25) is 0 Å². The molecule has 230 valence electrons. The number of amides is 1. The van der Waals surface area contributed by atoms with E-state index in [1.807, 2.05) is 0 Å². The van der Waals surface area contributed by atoms with Gasteiger partial charge in [-0.05, 0) is 29.7 Å². The topological polar surface area (TPSA) is 40.9 Å². The monoisotopic (exact) mass is 637 g/mol. The first-order chi connectivity index (χ1) is 16.8. The summed E-state index contributed by atoms with van der Waals surface area (Å²) >= 11 is 0. The second kappa shape index (κ2) is 24.3. The standard InChI is InChI=1S/C13H25NO.C10H22Si2.C9H11.2CH3.H4Si.Ti/c14-13(15)12-10-8-6-4-2-1-3-5-7-9-11-12;1-9(11(3,4)5)10(2)12(6,7)8;1-2-5-9-7-3-6-8(9)4-1;;;;/h12H,1-11H2,(H2,14,15);1-2H2,3-8H3;1-2,4-6,8-9H,3,7H2;2*1H3;1H4;/q;;3*-1;;+4/p-1. The van der Waals surface area contributed by atoms with Crippen molar-refractivity contribution in [3.05, 3.63) is 74.9 Å². The van der Waals surface area contributed by atoms with Crippen LogP contribution in [0.4, 0.5) is 0 Å². The first kappa shape index (κ1) is 46.7. The van der Waals surface area contributed by atoms with Crippen LogP contribution in [0.15, 0.2) is 47.9 Å². The Hall–Kier alpha value is -0.205. The van der Waals surface area contributed by atoms with Crippen LogP contribution in [0.5, 0.6) is 0 Å². The van der Waals surface area contributed by atoms with Crippen LogP contribution in [-0.4, -0.2) is 33.0 Å². The minimum absolute atomic E-state index is 0. The van der Waals surface area contributed by atoms with Crippen LogP contribution < -0.4 is 0 Å². The van der Waals surface area contributed by atoms with E-state index in [0.29, 0.717) is 0 Å². The van der Waals surface area contributed by atoms with Crippen LogP contribution in [0.2, 0.25) is 39.3 Å². The summed E-state index contributed by atoms with van der Waals surface area (Å²) in [5.74, 6) is 1.33. The molecular weight excluding hydrogens is 571 g/mol. The van der Waals surface area contributed by atoms with Gasteiger partial charge in [0.1, 0.15) is 0 Å². The fourth-order valence-corrected chi connectivity index (χ4v) is 9.08. The molecule has 0 spiro atoms. The molecule has 3 aliphatic rings. The van der Waals surface area contributed by atoms with Gasteiger partial charge in [-0.15, -0.1) is 12.0 Å². The van der Waals surface area contributed by atoms with Crippen molar-refractivity contribution in [2.24, 2.45) is 17.8 Å². The van der Waals surface area contributed by atoms with Crippen LogP contribution in [0.3, 0.4) is 0 Å². The van der Waals surface area contributed by atoms with Crippen LogP contribution >= 0.6 is 0 Å². The molecule has 0 aromatic heterocycles. The number of hydrogen-bond acceptors (Lipinski definition) is 1. The Bertz CT molecular complexity index is 695. The molecule has 3 aliphatic carbocycles. The average Bonchev–Trinajstić information content (AvgIpc) is 3.27. The Morgan fingerprint density at radius 1 is 0.725 bits per heavy atom. The Labute approximate surface area is 273 Å². The van der Waals surface area contributed by atoms with Crippen molar-refractivity contribution in [1.29, 1.82) is 0 Å². The van der Waals surface area contributed by atoms with Gasteiger partial charge < -0.3 is 31.8 Å². The summed E-state index contributed by atoms with van der Waals surface area (Å²) in [5.41, 5.74) is 7.23. The van der Waals surface area contributed by atoms with Crippen molar-refractivity contribution in [3.8, 4) is 0 Å². The Kier molecular flexibility index (Phi) is 28.4. The van der Waals surface area contributed by atoms with E-state index >= 15 is 0 Å². The van der Waals surface area contributed by atoms with Crippen LogP contribution in [0.1, 0.15) is 83.5 Å². The zero-order valence-corrected chi connectivity index (χ0v) is 30.7. The van der Waals surface area contributed by atoms with Crippen molar-refractivity contribution in [2.75, 3.05) is 0 Å². The van der Waals surface area contributed by atoms with E-state index in [0.717, 1.165) is 37.5 Å². The second-order valence-electron chi connectivity index (χ2n) is 13.1. The van der Waals surface area contributed by atoms with E-state index in [1.54, 1.807) is 0 Å². The van der Waals surface area contributed by atoms with Gasteiger partial charge in [0.25, 0.3) is 0 Å². The van der Waals surface area contributed by atoms with E-state index < -0.39 is 16.1 Å². The molecule has 0 radical (unpaired) electrons. The van der Waals surface area contributed by atoms with Gasteiger partial charge >= 0.3 is 21.7 Å². The third-order valence-electron chi connectivity index (χ3n) is 7.89. The summed E-state index contributed by atoms with van der Waals surface area (Å²) in [6.07, 6.45) is 27.5. The molecule has 2 nitrogen and oxygen atoms in total. The minimum atomic E-state index is -1.19. The van der Waals surface area contributed by atoms with Crippen LogP contribution in [0, 0.1) is 39.0 Å². The second-order valence-corrected chi connectivity index (χ2v) is 23.3. The summed E-state index contributed by atoms with van der Waals surface area (Å²) in [5, 5.41) is 2.73. The van der Waals surface area contributed by atoms with Crippen LogP contribution in [-0.2, 0) is 26.5 Å². The number of allylic oxidation sites excluding steroid dienone is 6. The minimum Gasteiger partial charge on any atom is -0.668 e. The number of nitrogens with one attached hydrogen (secondary N) is 1. The van der Waals surface area contributed by atoms with Gasteiger partial charge in [-0.1, -0.05) is 145 Å². The molecule has 2 fully saturated rings. The SMILES string of the molecule is C1=CC2[CH-]CCC2C=C1.C=C(C(=C)[Si](C)(C)C)[Si](C)(C)C.[CH3-].[CH3-].[NH-]C(=O)C1CCCCCCCCCCC1.[SiH4].[Ti+4]. The third kappa shape index (κ3) is 19.8. The summed E-state index contributed by atoms with van der Waals surface area (Å²) in [6.45, 7) is 22.4. The quantitative estimate of drug-likeness (QED) is 0.172. The van der Waals surface area contributed by atoms with Crippen molar-refractivity contribution in [3.63, 3.8) is 0 Å². The molecule has 2 saturated carbocycles. The molecule has 40 heavy (non-hydrogen) atoms. The molecule has 1 amide bonds. The largest absolute Gasteiger partial charge is 4.00 e. The van der Waals surface area contributed by atoms with Gasteiger partial charge in [-0.25, -0.2) is 0 Å². The van der Waals surface area contributed by atoms with Gasteiger partial charge in [-0.2, -0.15) is 6.42 Å². The molecule has 0 aromatic carbocycles. The fraction of sp³-hybridized carbons (Fsp3) is 0.647. The van der Waals surface area contributed by atoms with E-state index in [2.05, 4.69) is 83.2 Å². The molecule has 3 rings (SSSR count). The number of fused-ring (bicyclic) bond motifs is 1. The molecule has 2 atom stereocenters. The normalized spacial score (nSPS) is 21.1. The summed E-state index contributed by atoms with van der Waals surface area (Å²) in [6, 6.07) is 0. The molecule has 6 heteroatoms. The molecular formula is C34H67NOSi3Ti. The average molecular weight is 638 g/mol. The summed E-state index contributed by atoms with van der Waals surface area (Å²) in [7, 11) is -2.39. The molecule has 1 N–H and O–H groups in total. The van der Waals surface area contributed by atoms with E-state index in [9.17, 15) is 4.79 Å². The fourth-order valence-electron chi connectivity index (χ4n) is 5.02. The maximum Gasteiger partial charge on any atom is 4.00 e. The summed E-state index contributed by atoms with van der Waals surface area (Å²) < 4.78 is 0. The Morgan fingerprint density at radius 3 is 1.45 bits per heavy atom. The molecule has 0 aromatic rings. The molecule has 2 unspecified atom stereocenters. The van der Waals surface area contributed by atoms with Crippen LogP contribution in [0.25, 0.3) is 5.73 Å². The molecule has 0 saturated heterocycles. The van der Waals surface area contributed by atoms with Gasteiger partial charge in [0, 0.05) is 5.92 Å². The van der Waals surface area contributed by atoms with Crippen molar-refractivity contribution in [2.45, 2.75) is 123 Å². The third-order valence-corrected chi connectivity index (χ3v) is 12.4. The maximum atomic E-state index is 11.1. The molecule has 0 aliphatic heterocycles. The van der Waals surface area contributed by atoms with Crippen molar-refractivity contribution >= 4 is 33.0 Å². The molecule has 0 heterocycles. The predicted molar refractivity (Wildman–Crippen MR) is 192 cm³/mol. The van der Waals surface area contributed by atoms with Gasteiger partial charge in [0.15, 0.2) is 0 Å². The van der Waals surface area contributed by atoms with E-state index in [4.69, 9.17) is 5.73 Å². The number of hydrogen-bond donors (Lipinski definition) is 0. The summed E-state index contributed by atoms with van der Waals surface area (Å²) in [4.78, 5) is 11.1. The Balaban J connectivity index is -0.000000237. The van der Waals surface area contributed by atoms with Crippen molar-refractivity contribution in [1.82, 2.24) is 0 Å².